The Balaban J connectivity index is 1.79. The molecule has 0 radical (unpaired) electrons. The van der Waals surface area contributed by atoms with Crippen molar-refractivity contribution >= 4 is 46.6 Å². The van der Waals surface area contributed by atoms with Gasteiger partial charge in [0.05, 0.1) is 18.6 Å². The highest BCUT2D eigenvalue weighted by atomic mass is 35.5. The summed E-state index contributed by atoms with van der Waals surface area (Å²) in [7, 11) is 1.43. The van der Waals surface area contributed by atoms with Crippen LogP contribution in [0.5, 0.6) is 11.5 Å². The number of rotatable bonds is 7. The second kappa shape index (κ2) is 9.23. The SMILES string of the molecule is COc1cc(/C=C2/SC(=O)N(Cc3ccc(Cl)cc3)C2=O)ccc1OC(C)C(=O)O. The molecule has 0 aromatic heterocycles. The van der Waals surface area contributed by atoms with Crippen LogP contribution in [0.25, 0.3) is 6.08 Å². The van der Waals surface area contributed by atoms with Crippen LogP contribution in [0.1, 0.15) is 18.1 Å². The monoisotopic (exact) mass is 447 g/mol. The molecule has 3 rings (SSSR count). The van der Waals surface area contributed by atoms with Gasteiger partial charge in [0.2, 0.25) is 0 Å². The van der Waals surface area contributed by atoms with Crippen molar-refractivity contribution in [3.8, 4) is 11.5 Å². The lowest BCUT2D eigenvalue weighted by molar-refractivity contribution is -0.144. The number of imide groups is 1. The Morgan fingerprint density at radius 1 is 1.20 bits per heavy atom. The molecule has 7 nitrogen and oxygen atoms in total. The second-order valence-corrected chi connectivity index (χ2v) is 7.83. The van der Waals surface area contributed by atoms with Crippen molar-refractivity contribution in [1.29, 1.82) is 0 Å². The first-order valence-corrected chi connectivity index (χ1v) is 10.0. The Hall–Kier alpha value is -2.97. The van der Waals surface area contributed by atoms with Gasteiger partial charge in [-0.15, -0.1) is 0 Å². The van der Waals surface area contributed by atoms with Gasteiger partial charge in [-0.3, -0.25) is 14.5 Å². The van der Waals surface area contributed by atoms with E-state index in [2.05, 4.69) is 0 Å². The van der Waals surface area contributed by atoms with Crippen LogP contribution < -0.4 is 9.47 Å². The molecule has 0 aliphatic carbocycles. The minimum absolute atomic E-state index is 0.155. The number of carbonyl (C=O) groups is 3. The summed E-state index contributed by atoms with van der Waals surface area (Å²) in [6.07, 6.45) is 0.536. The Kier molecular flexibility index (Phi) is 6.69. The molecule has 1 aliphatic rings. The lowest BCUT2D eigenvalue weighted by Gasteiger charge is -2.14. The van der Waals surface area contributed by atoms with Crippen LogP contribution in [-0.2, 0) is 16.1 Å². The molecule has 2 amide bonds. The summed E-state index contributed by atoms with van der Waals surface area (Å²) in [5.41, 5.74) is 1.40. The maximum Gasteiger partial charge on any atom is 0.344 e. The number of carbonyl (C=O) groups excluding carboxylic acids is 2. The Labute approximate surface area is 182 Å². The van der Waals surface area contributed by atoms with Crippen LogP contribution in [0.2, 0.25) is 5.02 Å². The van der Waals surface area contributed by atoms with Gasteiger partial charge in [-0.1, -0.05) is 29.8 Å². The Morgan fingerprint density at radius 3 is 2.53 bits per heavy atom. The minimum Gasteiger partial charge on any atom is -0.493 e. The van der Waals surface area contributed by atoms with E-state index in [-0.39, 0.29) is 22.4 Å². The Morgan fingerprint density at radius 2 is 1.90 bits per heavy atom. The summed E-state index contributed by atoms with van der Waals surface area (Å²) < 4.78 is 10.6. The van der Waals surface area contributed by atoms with Gasteiger partial charge in [0.1, 0.15) is 0 Å². The molecule has 1 heterocycles. The zero-order valence-corrected chi connectivity index (χ0v) is 17.7. The molecule has 9 heteroatoms. The zero-order valence-electron chi connectivity index (χ0n) is 16.1. The van der Waals surface area contributed by atoms with Crippen molar-refractivity contribution in [1.82, 2.24) is 4.90 Å². The first kappa shape index (κ1) is 21.7. The second-order valence-electron chi connectivity index (χ2n) is 6.40. The topological polar surface area (TPSA) is 93.1 Å². The highest BCUT2D eigenvalue weighted by Crippen LogP contribution is 2.35. The first-order chi connectivity index (χ1) is 14.3. The predicted octanol–water partition coefficient (Wildman–Crippen LogP) is 4.44. The van der Waals surface area contributed by atoms with E-state index in [0.717, 1.165) is 17.3 Å². The number of nitrogens with zero attached hydrogens (tertiary/aromatic N) is 1. The molecule has 1 saturated heterocycles. The van der Waals surface area contributed by atoms with E-state index in [1.165, 1.54) is 18.9 Å². The number of benzene rings is 2. The number of hydrogen-bond donors (Lipinski definition) is 1. The van der Waals surface area contributed by atoms with Gasteiger partial charge in [0.15, 0.2) is 17.6 Å². The molecule has 1 N–H and O–H groups in total. The number of aliphatic carboxylic acids is 1. The number of carboxylic acids is 1. The molecule has 0 bridgehead atoms. The van der Waals surface area contributed by atoms with Gasteiger partial charge in [0, 0.05) is 5.02 Å². The molecule has 2 aromatic rings. The van der Waals surface area contributed by atoms with E-state index in [0.29, 0.717) is 16.3 Å². The zero-order chi connectivity index (χ0) is 21.8. The third kappa shape index (κ3) is 4.95. The number of thioether (sulfide) groups is 1. The van der Waals surface area contributed by atoms with Crippen molar-refractivity contribution < 1.29 is 29.0 Å². The summed E-state index contributed by atoms with van der Waals surface area (Å²) in [5.74, 6) is -0.910. The van der Waals surface area contributed by atoms with E-state index >= 15 is 0 Å². The van der Waals surface area contributed by atoms with Crippen LogP contribution in [0, 0.1) is 0 Å². The quantitative estimate of drug-likeness (QED) is 0.627. The number of amides is 2. The first-order valence-electron chi connectivity index (χ1n) is 8.86. The van der Waals surface area contributed by atoms with E-state index in [1.54, 1.807) is 48.5 Å². The molecule has 0 spiro atoms. The van der Waals surface area contributed by atoms with Crippen molar-refractivity contribution in [2.45, 2.75) is 19.6 Å². The molecule has 1 aliphatic heterocycles. The van der Waals surface area contributed by atoms with E-state index in [4.69, 9.17) is 26.2 Å². The smallest absolute Gasteiger partial charge is 0.344 e. The van der Waals surface area contributed by atoms with Crippen LogP contribution >= 0.6 is 23.4 Å². The normalized spacial score (nSPS) is 16.1. The van der Waals surface area contributed by atoms with E-state index in [9.17, 15) is 14.4 Å². The molecule has 30 heavy (non-hydrogen) atoms. The number of halogens is 1. The van der Waals surface area contributed by atoms with Gasteiger partial charge in [-0.25, -0.2) is 4.79 Å². The molecule has 1 unspecified atom stereocenters. The molecule has 156 valence electrons. The third-order valence-electron chi connectivity index (χ3n) is 4.26. The third-order valence-corrected chi connectivity index (χ3v) is 5.42. The van der Waals surface area contributed by atoms with Gasteiger partial charge < -0.3 is 14.6 Å². The number of ether oxygens (including phenoxy) is 2. The van der Waals surface area contributed by atoms with Crippen molar-refractivity contribution in [3.05, 3.63) is 63.5 Å². The highest BCUT2D eigenvalue weighted by Gasteiger charge is 2.35. The predicted molar refractivity (Wildman–Crippen MR) is 114 cm³/mol. The van der Waals surface area contributed by atoms with Gasteiger partial charge >= 0.3 is 5.97 Å². The fourth-order valence-electron chi connectivity index (χ4n) is 2.67. The lowest BCUT2D eigenvalue weighted by atomic mass is 10.1. The maximum atomic E-state index is 12.7. The average Bonchev–Trinajstić information content (AvgIpc) is 2.97. The van der Waals surface area contributed by atoms with Crippen molar-refractivity contribution in [3.63, 3.8) is 0 Å². The minimum atomic E-state index is -1.10. The van der Waals surface area contributed by atoms with Gasteiger partial charge in [0.25, 0.3) is 11.1 Å². The largest absolute Gasteiger partial charge is 0.493 e. The number of hydrogen-bond acceptors (Lipinski definition) is 6. The van der Waals surface area contributed by atoms with Crippen LogP contribution in [0.15, 0.2) is 47.4 Å². The highest BCUT2D eigenvalue weighted by molar-refractivity contribution is 8.18. The lowest BCUT2D eigenvalue weighted by Crippen LogP contribution is -2.27. The number of carboxylic acid groups (broad SMARTS) is 1. The molecule has 0 saturated carbocycles. The van der Waals surface area contributed by atoms with Crippen LogP contribution in [0.4, 0.5) is 4.79 Å². The van der Waals surface area contributed by atoms with Gasteiger partial charge in [-0.2, -0.15) is 0 Å². The summed E-state index contributed by atoms with van der Waals surface area (Å²) in [6, 6.07) is 11.7. The Bertz CT molecular complexity index is 1020. The molecular weight excluding hydrogens is 430 g/mol. The van der Waals surface area contributed by atoms with Crippen molar-refractivity contribution in [2.24, 2.45) is 0 Å². The average molecular weight is 448 g/mol. The summed E-state index contributed by atoms with van der Waals surface area (Å²) in [6.45, 7) is 1.56. The molecule has 1 atom stereocenters. The van der Waals surface area contributed by atoms with Crippen molar-refractivity contribution in [2.75, 3.05) is 7.11 Å². The standard InChI is InChI=1S/C21H18ClNO6S/c1-12(20(25)26)29-16-8-5-14(9-17(16)28-2)10-18-19(24)23(21(27)30-18)11-13-3-6-15(22)7-4-13/h3-10,12H,11H2,1-2H3,(H,25,26)/b18-10+. The molecular formula is C21H18ClNO6S. The van der Waals surface area contributed by atoms with E-state index in [1.807, 2.05) is 0 Å². The van der Waals surface area contributed by atoms with Gasteiger partial charge in [-0.05, 0) is 60.2 Å². The van der Waals surface area contributed by atoms with Crippen LogP contribution in [-0.4, -0.2) is 40.3 Å². The summed E-state index contributed by atoms with van der Waals surface area (Å²) >= 11 is 6.72. The number of methoxy groups -OCH3 is 1. The van der Waals surface area contributed by atoms with Crippen LogP contribution in [0.3, 0.4) is 0 Å². The summed E-state index contributed by atoms with van der Waals surface area (Å²) in [4.78, 5) is 37.5. The molecule has 1 fully saturated rings. The molecule has 2 aromatic carbocycles. The maximum absolute atomic E-state index is 12.7. The fraction of sp³-hybridized carbons (Fsp3) is 0.190. The fourth-order valence-corrected chi connectivity index (χ4v) is 3.64. The summed E-state index contributed by atoms with van der Waals surface area (Å²) in [5, 5.41) is 9.21. The van der Waals surface area contributed by atoms with E-state index < -0.39 is 18.0 Å².